The molecule has 5 nitrogen and oxygen atoms in total. The minimum Gasteiger partial charge on any atom is -0.326 e. The number of hydrogen-bond acceptors (Lipinski definition) is 3. The lowest BCUT2D eigenvalue weighted by molar-refractivity contribution is 0.502. The molecule has 2 rings (SSSR count). The molecule has 0 unspecified atom stereocenters. The van der Waals surface area contributed by atoms with Crippen LogP contribution in [0, 0.1) is 0 Å². The molecule has 0 radical (unpaired) electrons. The second kappa shape index (κ2) is 4.15. The van der Waals surface area contributed by atoms with E-state index in [2.05, 4.69) is 4.72 Å². The molecule has 3 N–H and O–H groups in total. The molecular weight excluding hydrogens is 226 g/mol. The molecule has 0 saturated carbocycles. The number of nitrogens with two attached hydrogens (primary N) is 1. The van der Waals surface area contributed by atoms with Crippen molar-refractivity contribution in [2.75, 3.05) is 0 Å². The van der Waals surface area contributed by atoms with Crippen LogP contribution in [0.3, 0.4) is 0 Å². The van der Waals surface area contributed by atoms with Crippen LogP contribution >= 0.6 is 0 Å². The van der Waals surface area contributed by atoms with Crippen molar-refractivity contribution in [3.05, 3.63) is 47.8 Å². The van der Waals surface area contributed by atoms with Gasteiger partial charge in [-0.2, -0.15) is 8.42 Å². The lowest BCUT2D eigenvalue weighted by Crippen LogP contribution is -2.28. The third-order valence-electron chi connectivity index (χ3n) is 2.36. The van der Waals surface area contributed by atoms with E-state index in [1.807, 2.05) is 24.3 Å². The highest BCUT2D eigenvalue weighted by Gasteiger charge is 2.21. The number of rotatable bonds is 3. The van der Waals surface area contributed by atoms with Crippen molar-refractivity contribution >= 4 is 10.2 Å². The van der Waals surface area contributed by atoms with Gasteiger partial charge in [0, 0.05) is 18.9 Å². The number of benzene rings is 1. The molecule has 6 heteroatoms. The smallest absolute Gasteiger partial charge is 0.323 e. The van der Waals surface area contributed by atoms with Crippen molar-refractivity contribution < 1.29 is 8.42 Å². The Morgan fingerprint density at radius 2 is 1.81 bits per heavy atom. The molecule has 0 atom stereocenters. The van der Waals surface area contributed by atoms with Gasteiger partial charge in [-0.05, 0) is 11.1 Å². The average molecular weight is 239 g/mol. The molecule has 1 aromatic rings. The van der Waals surface area contributed by atoms with E-state index < -0.39 is 10.2 Å². The van der Waals surface area contributed by atoms with E-state index in [9.17, 15) is 8.42 Å². The van der Waals surface area contributed by atoms with Crippen LogP contribution < -0.4 is 10.5 Å². The summed E-state index contributed by atoms with van der Waals surface area (Å²) in [5.74, 6) is 0. The summed E-state index contributed by atoms with van der Waals surface area (Å²) in [7, 11) is -3.35. The number of nitrogens with one attached hydrogen (secondary N) is 1. The molecule has 1 aliphatic heterocycles. The van der Waals surface area contributed by atoms with Crippen LogP contribution in [0.4, 0.5) is 0 Å². The first-order valence-corrected chi connectivity index (χ1v) is 6.29. The molecule has 0 fully saturated rings. The molecule has 1 aliphatic rings. The zero-order valence-electron chi connectivity index (χ0n) is 8.63. The molecule has 0 aromatic heterocycles. The summed E-state index contributed by atoms with van der Waals surface area (Å²) in [4.78, 5) is 0. The Hall–Kier alpha value is -1.53. The molecule has 0 bridgehead atoms. The van der Waals surface area contributed by atoms with Gasteiger partial charge >= 0.3 is 10.2 Å². The van der Waals surface area contributed by atoms with E-state index >= 15 is 0 Å². The van der Waals surface area contributed by atoms with Crippen LogP contribution in [0.1, 0.15) is 11.1 Å². The Balaban J connectivity index is 2.12. The maximum Gasteiger partial charge on any atom is 0.323 e. The summed E-state index contributed by atoms with van der Waals surface area (Å²) in [6.45, 7) is 0.820. The van der Waals surface area contributed by atoms with Gasteiger partial charge < -0.3 is 5.73 Å². The first-order valence-electron chi connectivity index (χ1n) is 4.85. The topological polar surface area (TPSA) is 75.4 Å². The van der Waals surface area contributed by atoms with Crippen LogP contribution in [0.25, 0.3) is 0 Å². The van der Waals surface area contributed by atoms with E-state index in [0.717, 1.165) is 11.1 Å². The standard InChI is InChI=1S/C10H13N3O2S/c11-7-9-1-3-10(4-2-9)8-13-6-5-12-16(13,14)15/h1-6,12H,7-8,11H2. The van der Waals surface area contributed by atoms with Gasteiger partial charge in [0.1, 0.15) is 0 Å². The molecule has 0 saturated heterocycles. The van der Waals surface area contributed by atoms with Crippen LogP contribution in [-0.2, 0) is 23.3 Å². The minimum absolute atomic E-state index is 0.330. The second-order valence-corrected chi connectivity index (χ2v) is 5.16. The number of nitrogens with zero attached hydrogens (tertiary/aromatic N) is 1. The minimum atomic E-state index is -3.35. The van der Waals surface area contributed by atoms with Crippen molar-refractivity contribution in [2.45, 2.75) is 13.1 Å². The second-order valence-electron chi connectivity index (χ2n) is 3.50. The highest BCUT2D eigenvalue weighted by Crippen LogP contribution is 2.13. The largest absolute Gasteiger partial charge is 0.326 e. The Morgan fingerprint density at radius 1 is 1.19 bits per heavy atom. The van der Waals surface area contributed by atoms with Gasteiger partial charge in [-0.15, -0.1) is 0 Å². The predicted molar refractivity (Wildman–Crippen MR) is 61.1 cm³/mol. The third-order valence-corrected chi connectivity index (χ3v) is 3.67. The maximum atomic E-state index is 11.4. The molecule has 16 heavy (non-hydrogen) atoms. The fraction of sp³-hybridized carbons (Fsp3) is 0.200. The fourth-order valence-corrected chi connectivity index (χ4v) is 2.35. The average Bonchev–Trinajstić information content (AvgIpc) is 2.59. The number of hydrogen-bond donors (Lipinski definition) is 2. The van der Waals surface area contributed by atoms with E-state index in [4.69, 9.17) is 5.73 Å². The third kappa shape index (κ3) is 2.17. The van der Waals surface area contributed by atoms with E-state index in [1.54, 1.807) is 0 Å². The van der Waals surface area contributed by atoms with Crippen molar-refractivity contribution in [1.29, 1.82) is 0 Å². The van der Waals surface area contributed by atoms with Gasteiger partial charge in [-0.25, -0.2) is 0 Å². The SMILES string of the molecule is NCc1ccc(CN2C=CNS2(=O)=O)cc1. The van der Waals surface area contributed by atoms with Gasteiger partial charge in [-0.3, -0.25) is 9.03 Å². The summed E-state index contributed by atoms with van der Waals surface area (Å²) < 4.78 is 26.4. The fourth-order valence-electron chi connectivity index (χ4n) is 1.45. The van der Waals surface area contributed by atoms with Gasteiger partial charge in [0.15, 0.2) is 0 Å². The van der Waals surface area contributed by atoms with Crippen LogP contribution in [-0.4, -0.2) is 12.7 Å². The normalized spacial score (nSPS) is 17.4. The maximum absolute atomic E-state index is 11.4. The van der Waals surface area contributed by atoms with Crippen molar-refractivity contribution in [2.24, 2.45) is 5.73 Å². The van der Waals surface area contributed by atoms with E-state index in [1.165, 1.54) is 16.7 Å². The summed E-state index contributed by atoms with van der Waals surface area (Å²) in [5, 5.41) is 0. The highest BCUT2D eigenvalue weighted by molar-refractivity contribution is 7.87. The molecule has 0 spiro atoms. The van der Waals surface area contributed by atoms with Crippen LogP contribution in [0.2, 0.25) is 0 Å². The Kier molecular flexibility index (Phi) is 2.84. The van der Waals surface area contributed by atoms with Gasteiger partial charge in [0.2, 0.25) is 0 Å². The zero-order valence-corrected chi connectivity index (χ0v) is 9.44. The molecule has 86 valence electrons. The van der Waals surface area contributed by atoms with Crippen molar-refractivity contribution in [1.82, 2.24) is 9.03 Å². The highest BCUT2D eigenvalue weighted by atomic mass is 32.2. The lowest BCUT2D eigenvalue weighted by atomic mass is 10.1. The molecular formula is C10H13N3O2S. The quantitative estimate of drug-likeness (QED) is 0.794. The Bertz CT molecular complexity index is 493. The van der Waals surface area contributed by atoms with E-state index in [0.29, 0.717) is 13.1 Å². The summed E-state index contributed by atoms with van der Waals surface area (Å²) in [6.07, 6.45) is 2.91. The molecule has 1 aromatic carbocycles. The lowest BCUT2D eigenvalue weighted by Gasteiger charge is -2.14. The first-order chi connectivity index (χ1) is 7.62. The summed E-state index contributed by atoms with van der Waals surface area (Å²) in [6, 6.07) is 7.55. The monoisotopic (exact) mass is 239 g/mol. The van der Waals surface area contributed by atoms with Crippen LogP contribution in [0.5, 0.6) is 0 Å². The summed E-state index contributed by atoms with van der Waals surface area (Å²) in [5.41, 5.74) is 7.43. The first kappa shape index (κ1) is 11.0. The summed E-state index contributed by atoms with van der Waals surface area (Å²) >= 11 is 0. The molecule has 0 aliphatic carbocycles. The predicted octanol–water partition coefficient (Wildman–Crippen LogP) is 0.266. The van der Waals surface area contributed by atoms with E-state index in [-0.39, 0.29) is 0 Å². The molecule has 0 amide bonds. The van der Waals surface area contributed by atoms with Gasteiger partial charge in [-0.1, -0.05) is 24.3 Å². The Morgan fingerprint density at radius 3 is 2.31 bits per heavy atom. The van der Waals surface area contributed by atoms with Crippen molar-refractivity contribution in [3.8, 4) is 0 Å². The molecule has 1 heterocycles. The van der Waals surface area contributed by atoms with Gasteiger partial charge in [0.25, 0.3) is 0 Å². The van der Waals surface area contributed by atoms with Crippen molar-refractivity contribution in [3.63, 3.8) is 0 Å². The van der Waals surface area contributed by atoms with Crippen LogP contribution in [0.15, 0.2) is 36.7 Å². The van der Waals surface area contributed by atoms with Gasteiger partial charge in [0.05, 0.1) is 6.54 Å². The Labute approximate surface area is 94.7 Å². The zero-order chi connectivity index (χ0) is 11.6.